The third-order valence-electron chi connectivity index (χ3n) is 5.05. The number of benzene rings is 1. The monoisotopic (exact) mass is 450 g/mol. The fraction of sp³-hybridized carbons (Fsp3) is 0.429. The van der Waals surface area contributed by atoms with Gasteiger partial charge in [0.15, 0.2) is 5.78 Å². The maximum Gasteiger partial charge on any atom is 0.243 e. The molecule has 1 aromatic carbocycles. The van der Waals surface area contributed by atoms with Crippen LogP contribution in [0, 0.1) is 0 Å². The predicted molar refractivity (Wildman–Crippen MR) is 115 cm³/mol. The molecule has 2 aromatic rings. The van der Waals surface area contributed by atoms with E-state index in [1.165, 1.54) is 38.2 Å². The first-order valence-electron chi connectivity index (χ1n) is 9.76. The van der Waals surface area contributed by atoms with Crippen molar-refractivity contribution in [3.63, 3.8) is 0 Å². The van der Waals surface area contributed by atoms with E-state index in [1.54, 1.807) is 16.2 Å². The number of ketones is 1. The van der Waals surface area contributed by atoms with Gasteiger partial charge in [0.1, 0.15) is 0 Å². The third kappa shape index (κ3) is 5.54. The van der Waals surface area contributed by atoms with Gasteiger partial charge in [-0.3, -0.25) is 9.59 Å². The Labute approximate surface area is 181 Å². The maximum absolute atomic E-state index is 13.0. The Bertz CT molecular complexity index is 965. The summed E-state index contributed by atoms with van der Waals surface area (Å²) in [7, 11) is -2.46. The first kappa shape index (κ1) is 22.6. The van der Waals surface area contributed by atoms with Crippen LogP contribution in [0.15, 0.2) is 46.7 Å². The number of Topliss-reactive ketones (excluding diaryl/α,β-unsaturated/α-hetero) is 1. The molecule has 1 amide bonds. The highest BCUT2D eigenvalue weighted by Crippen LogP contribution is 2.19. The number of hydrogen-bond donors (Lipinski definition) is 0. The Balaban J connectivity index is 1.71. The van der Waals surface area contributed by atoms with Gasteiger partial charge in [-0.1, -0.05) is 18.2 Å². The van der Waals surface area contributed by atoms with Crippen molar-refractivity contribution in [1.29, 1.82) is 0 Å². The number of hydrogen-bond acceptors (Lipinski definition) is 6. The molecule has 1 unspecified atom stereocenters. The third-order valence-corrected chi connectivity index (χ3v) is 7.73. The summed E-state index contributed by atoms with van der Waals surface area (Å²) in [5.74, 6) is -0.411. The topological polar surface area (TPSA) is 84.0 Å². The molecular weight excluding hydrogens is 424 g/mol. The van der Waals surface area contributed by atoms with Gasteiger partial charge >= 0.3 is 0 Å². The molecule has 1 aromatic heterocycles. The number of sulfonamides is 1. The second-order valence-electron chi connectivity index (χ2n) is 7.33. The van der Waals surface area contributed by atoms with E-state index in [0.29, 0.717) is 25.3 Å². The summed E-state index contributed by atoms with van der Waals surface area (Å²) < 4.78 is 32.5. The van der Waals surface area contributed by atoms with E-state index < -0.39 is 10.0 Å². The fourth-order valence-electron chi connectivity index (χ4n) is 3.30. The lowest BCUT2D eigenvalue weighted by Crippen LogP contribution is -2.43. The van der Waals surface area contributed by atoms with Crippen LogP contribution in [0.25, 0.3) is 0 Å². The van der Waals surface area contributed by atoms with Crippen molar-refractivity contribution in [2.75, 3.05) is 26.7 Å². The van der Waals surface area contributed by atoms with Crippen LogP contribution in [0.4, 0.5) is 0 Å². The zero-order chi connectivity index (χ0) is 21.7. The molecule has 1 aliphatic heterocycles. The Morgan fingerprint density at radius 3 is 2.50 bits per heavy atom. The smallest absolute Gasteiger partial charge is 0.243 e. The standard InChI is InChI=1S/C21H26N2O5S2/c1-16(24)17-7-9-20(10-8-17)30(26,27)22(2)15-21(25)23(13-18-5-3-11-28-18)14-19-6-4-12-29-19/h4,6-10,12,18H,3,5,11,13-15H2,1-2H3. The van der Waals surface area contributed by atoms with Crippen molar-refractivity contribution in [2.45, 2.75) is 37.3 Å². The van der Waals surface area contributed by atoms with Crippen LogP contribution in [-0.2, 0) is 26.1 Å². The summed E-state index contributed by atoms with van der Waals surface area (Å²) in [6, 6.07) is 9.62. The van der Waals surface area contributed by atoms with Crippen molar-refractivity contribution < 1.29 is 22.7 Å². The summed E-state index contributed by atoms with van der Waals surface area (Å²) in [4.78, 5) is 27.2. The summed E-state index contributed by atoms with van der Waals surface area (Å²) in [5.41, 5.74) is 0.436. The van der Waals surface area contributed by atoms with Crippen molar-refractivity contribution in [3.8, 4) is 0 Å². The summed E-state index contributed by atoms with van der Waals surface area (Å²) in [6.45, 7) is 2.71. The molecule has 0 radical (unpaired) electrons. The van der Waals surface area contributed by atoms with Gasteiger partial charge in [-0.25, -0.2) is 8.42 Å². The van der Waals surface area contributed by atoms with Crippen molar-refractivity contribution in [3.05, 3.63) is 52.2 Å². The van der Waals surface area contributed by atoms with Crippen LogP contribution in [-0.4, -0.2) is 62.2 Å². The minimum Gasteiger partial charge on any atom is -0.376 e. The lowest BCUT2D eigenvalue weighted by atomic mass is 10.2. The van der Waals surface area contributed by atoms with Gasteiger partial charge < -0.3 is 9.64 Å². The molecule has 0 bridgehead atoms. The SMILES string of the molecule is CC(=O)c1ccc(S(=O)(=O)N(C)CC(=O)N(Cc2cccs2)CC2CCCO2)cc1. The fourth-order valence-corrected chi connectivity index (χ4v) is 5.14. The second-order valence-corrected chi connectivity index (χ2v) is 10.4. The van der Waals surface area contributed by atoms with E-state index in [2.05, 4.69) is 0 Å². The van der Waals surface area contributed by atoms with Gasteiger partial charge in [0.05, 0.1) is 24.1 Å². The zero-order valence-electron chi connectivity index (χ0n) is 17.1. The first-order chi connectivity index (χ1) is 14.3. The van der Waals surface area contributed by atoms with E-state index in [0.717, 1.165) is 22.0 Å². The molecule has 1 atom stereocenters. The molecule has 3 rings (SSSR count). The van der Waals surface area contributed by atoms with Gasteiger partial charge in [-0.15, -0.1) is 11.3 Å². The lowest BCUT2D eigenvalue weighted by Gasteiger charge is -2.27. The highest BCUT2D eigenvalue weighted by atomic mass is 32.2. The largest absolute Gasteiger partial charge is 0.376 e. The van der Waals surface area contributed by atoms with Crippen LogP contribution < -0.4 is 0 Å². The van der Waals surface area contributed by atoms with Gasteiger partial charge in [-0.2, -0.15) is 4.31 Å². The van der Waals surface area contributed by atoms with E-state index in [4.69, 9.17) is 4.74 Å². The molecule has 7 nitrogen and oxygen atoms in total. The Morgan fingerprint density at radius 1 is 1.20 bits per heavy atom. The van der Waals surface area contributed by atoms with E-state index in [9.17, 15) is 18.0 Å². The van der Waals surface area contributed by atoms with E-state index in [-0.39, 0.29) is 29.2 Å². The molecule has 1 fully saturated rings. The second kappa shape index (κ2) is 9.82. The molecule has 9 heteroatoms. The number of carbonyl (C=O) groups excluding carboxylic acids is 2. The number of carbonyl (C=O) groups is 2. The number of nitrogens with zero attached hydrogens (tertiary/aromatic N) is 2. The van der Waals surface area contributed by atoms with Crippen molar-refractivity contribution in [2.24, 2.45) is 0 Å². The Hall–Kier alpha value is -2.07. The van der Waals surface area contributed by atoms with Gasteiger partial charge in [0.2, 0.25) is 15.9 Å². The van der Waals surface area contributed by atoms with Crippen LogP contribution in [0.5, 0.6) is 0 Å². The average Bonchev–Trinajstić information content (AvgIpc) is 3.41. The van der Waals surface area contributed by atoms with Crippen LogP contribution in [0.3, 0.4) is 0 Å². The molecule has 2 heterocycles. The highest BCUT2D eigenvalue weighted by molar-refractivity contribution is 7.89. The molecule has 1 saturated heterocycles. The molecule has 0 saturated carbocycles. The lowest BCUT2D eigenvalue weighted by molar-refractivity contribution is -0.133. The minimum absolute atomic E-state index is 0.0186. The molecule has 0 aliphatic carbocycles. The summed E-state index contributed by atoms with van der Waals surface area (Å²) >= 11 is 1.56. The van der Waals surface area contributed by atoms with E-state index in [1.807, 2.05) is 17.5 Å². The Morgan fingerprint density at radius 2 is 1.93 bits per heavy atom. The van der Waals surface area contributed by atoms with Crippen molar-refractivity contribution >= 4 is 33.1 Å². The molecular formula is C21H26N2O5S2. The minimum atomic E-state index is -3.85. The van der Waals surface area contributed by atoms with E-state index >= 15 is 0 Å². The number of thiophene rings is 1. The number of rotatable bonds is 9. The average molecular weight is 451 g/mol. The highest BCUT2D eigenvalue weighted by Gasteiger charge is 2.28. The molecule has 0 spiro atoms. The van der Waals surface area contributed by atoms with Crippen LogP contribution >= 0.6 is 11.3 Å². The number of ether oxygens (including phenoxy) is 1. The zero-order valence-corrected chi connectivity index (χ0v) is 18.7. The normalized spacial score (nSPS) is 16.7. The summed E-state index contributed by atoms with van der Waals surface area (Å²) in [5, 5.41) is 1.95. The maximum atomic E-state index is 13.0. The molecule has 0 N–H and O–H groups in total. The first-order valence-corrected chi connectivity index (χ1v) is 12.1. The number of likely N-dealkylation sites (N-methyl/N-ethyl adjacent to an activating group) is 1. The van der Waals surface area contributed by atoms with Gasteiger partial charge in [0, 0.05) is 30.6 Å². The molecule has 162 valence electrons. The predicted octanol–water partition coefficient (Wildman–Crippen LogP) is 2.78. The van der Waals surface area contributed by atoms with Gasteiger partial charge in [-0.05, 0) is 43.3 Å². The van der Waals surface area contributed by atoms with Crippen LogP contribution in [0.2, 0.25) is 0 Å². The van der Waals surface area contributed by atoms with Gasteiger partial charge in [0.25, 0.3) is 0 Å². The van der Waals surface area contributed by atoms with Crippen molar-refractivity contribution in [1.82, 2.24) is 9.21 Å². The quantitative estimate of drug-likeness (QED) is 0.549. The summed E-state index contributed by atoms with van der Waals surface area (Å²) in [6.07, 6.45) is 1.84. The number of amides is 1. The molecule has 30 heavy (non-hydrogen) atoms. The van der Waals surface area contributed by atoms with Crippen LogP contribution in [0.1, 0.15) is 35.0 Å². The Kier molecular flexibility index (Phi) is 7.41. The molecule has 1 aliphatic rings.